The third kappa shape index (κ3) is 4.70. The number of rotatable bonds is 6. The van der Waals surface area contributed by atoms with Gasteiger partial charge in [-0.15, -0.1) is 0 Å². The van der Waals surface area contributed by atoms with Gasteiger partial charge < -0.3 is 9.64 Å². The molecule has 0 atom stereocenters. The lowest BCUT2D eigenvalue weighted by atomic mass is 9.98. The van der Waals surface area contributed by atoms with Crippen molar-refractivity contribution in [1.82, 2.24) is 0 Å². The zero-order valence-electron chi connectivity index (χ0n) is 11.8. The molecule has 0 bridgehead atoms. The van der Waals surface area contributed by atoms with Crippen LogP contribution >= 0.6 is 11.6 Å². The van der Waals surface area contributed by atoms with Crippen molar-refractivity contribution in [3.63, 3.8) is 0 Å². The Labute approximate surface area is 121 Å². The van der Waals surface area contributed by atoms with Crippen molar-refractivity contribution < 1.29 is 4.74 Å². The maximum absolute atomic E-state index is 6.04. The van der Waals surface area contributed by atoms with Crippen LogP contribution < -0.4 is 4.90 Å². The van der Waals surface area contributed by atoms with E-state index >= 15 is 0 Å². The van der Waals surface area contributed by atoms with E-state index < -0.39 is 0 Å². The monoisotopic (exact) mass is 281 g/mol. The lowest BCUT2D eigenvalue weighted by Gasteiger charge is -2.26. The molecule has 1 saturated carbocycles. The maximum Gasteiger partial charge on any atom is 0.0645 e. The number of hydrogen-bond acceptors (Lipinski definition) is 2. The Morgan fingerprint density at radius 1 is 1.26 bits per heavy atom. The van der Waals surface area contributed by atoms with Gasteiger partial charge in [0.2, 0.25) is 0 Å². The fourth-order valence-electron chi connectivity index (χ4n) is 2.70. The lowest BCUT2D eigenvalue weighted by molar-refractivity contribution is 0.0327. The normalized spacial score (nSPS) is 16.5. The standard InChI is InChI=1S/C16H24ClNO/c1-2-18(15-8-6-7-14(17)13-15)11-12-19-16-9-4-3-5-10-16/h6-8,13,16H,2-5,9-12H2,1H3. The second kappa shape index (κ2) is 7.76. The minimum absolute atomic E-state index is 0.492. The number of benzene rings is 1. The Hall–Kier alpha value is -0.730. The van der Waals surface area contributed by atoms with E-state index in [1.165, 1.54) is 37.8 Å². The first-order chi connectivity index (χ1) is 9.29. The van der Waals surface area contributed by atoms with E-state index in [9.17, 15) is 0 Å². The average molecular weight is 282 g/mol. The van der Waals surface area contributed by atoms with Crippen molar-refractivity contribution in [2.75, 3.05) is 24.6 Å². The van der Waals surface area contributed by atoms with Crippen molar-refractivity contribution in [1.29, 1.82) is 0 Å². The molecule has 1 aliphatic carbocycles. The smallest absolute Gasteiger partial charge is 0.0645 e. The van der Waals surface area contributed by atoms with Gasteiger partial charge >= 0.3 is 0 Å². The van der Waals surface area contributed by atoms with Crippen LogP contribution in [-0.4, -0.2) is 25.8 Å². The Balaban J connectivity index is 1.79. The van der Waals surface area contributed by atoms with Crippen molar-refractivity contribution in [2.24, 2.45) is 0 Å². The first-order valence-corrected chi connectivity index (χ1v) is 7.79. The molecular formula is C16H24ClNO. The van der Waals surface area contributed by atoms with Gasteiger partial charge in [-0.1, -0.05) is 36.9 Å². The van der Waals surface area contributed by atoms with Crippen LogP contribution in [0, 0.1) is 0 Å². The van der Waals surface area contributed by atoms with Gasteiger partial charge in [-0.25, -0.2) is 0 Å². The van der Waals surface area contributed by atoms with Gasteiger partial charge in [-0.2, -0.15) is 0 Å². The number of likely N-dealkylation sites (N-methyl/N-ethyl adjacent to an activating group) is 1. The van der Waals surface area contributed by atoms with Gasteiger partial charge in [0.15, 0.2) is 0 Å². The summed E-state index contributed by atoms with van der Waals surface area (Å²) in [5.74, 6) is 0. The minimum atomic E-state index is 0.492. The van der Waals surface area contributed by atoms with E-state index in [0.717, 1.165) is 24.7 Å². The Morgan fingerprint density at radius 3 is 2.74 bits per heavy atom. The molecule has 0 spiro atoms. The molecule has 0 amide bonds. The fraction of sp³-hybridized carbons (Fsp3) is 0.625. The summed E-state index contributed by atoms with van der Waals surface area (Å²) in [5, 5.41) is 0.796. The van der Waals surface area contributed by atoms with Gasteiger partial charge in [-0.3, -0.25) is 0 Å². The Morgan fingerprint density at radius 2 is 2.05 bits per heavy atom. The van der Waals surface area contributed by atoms with Crippen LogP contribution in [0.25, 0.3) is 0 Å². The van der Waals surface area contributed by atoms with E-state index in [4.69, 9.17) is 16.3 Å². The second-order valence-corrected chi connectivity index (χ2v) is 5.63. The van der Waals surface area contributed by atoms with Crippen LogP contribution in [0.4, 0.5) is 5.69 Å². The maximum atomic E-state index is 6.04. The van der Waals surface area contributed by atoms with Gasteiger partial charge in [0.05, 0.1) is 12.7 Å². The molecule has 1 aromatic rings. The molecule has 0 N–H and O–H groups in total. The summed E-state index contributed by atoms with van der Waals surface area (Å²) in [4.78, 5) is 2.31. The molecule has 2 nitrogen and oxygen atoms in total. The summed E-state index contributed by atoms with van der Waals surface area (Å²) >= 11 is 6.04. The van der Waals surface area contributed by atoms with Crippen LogP contribution in [0.2, 0.25) is 5.02 Å². The van der Waals surface area contributed by atoms with Crippen LogP contribution in [0.1, 0.15) is 39.0 Å². The predicted molar refractivity (Wildman–Crippen MR) is 82.2 cm³/mol. The molecule has 1 aromatic carbocycles. The summed E-state index contributed by atoms with van der Waals surface area (Å²) in [7, 11) is 0. The molecule has 19 heavy (non-hydrogen) atoms. The highest BCUT2D eigenvalue weighted by Crippen LogP contribution is 2.21. The summed E-state index contributed by atoms with van der Waals surface area (Å²) in [6.45, 7) is 4.90. The highest BCUT2D eigenvalue weighted by Gasteiger charge is 2.14. The van der Waals surface area contributed by atoms with Crippen molar-refractivity contribution in [3.05, 3.63) is 29.3 Å². The molecule has 106 valence electrons. The second-order valence-electron chi connectivity index (χ2n) is 5.19. The van der Waals surface area contributed by atoms with E-state index in [1.807, 2.05) is 18.2 Å². The molecule has 0 aromatic heterocycles. The summed E-state index contributed by atoms with van der Waals surface area (Å²) in [6.07, 6.45) is 7.01. The quantitative estimate of drug-likeness (QED) is 0.760. The van der Waals surface area contributed by atoms with Gasteiger partial charge in [0.1, 0.15) is 0 Å². The van der Waals surface area contributed by atoms with Crippen LogP contribution in [0.3, 0.4) is 0 Å². The number of nitrogens with zero attached hydrogens (tertiary/aromatic N) is 1. The molecular weight excluding hydrogens is 258 g/mol. The number of anilines is 1. The summed E-state index contributed by atoms with van der Waals surface area (Å²) < 4.78 is 5.99. The lowest BCUT2D eigenvalue weighted by Crippen LogP contribution is -2.29. The van der Waals surface area contributed by atoms with Crippen LogP contribution in [0.15, 0.2) is 24.3 Å². The summed E-state index contributed by atoms with van der Waals surface area (Å²) in [5.41, 5.74) is 1.18. The Kier molecular flexibility index (Phi) is 5.99. The first kappa shape index (κ1) is 14.7. The molecule has 1 aliphatic rings. The van der Waals surface area contributed by atoms with Crippen molar-refractivity contribution >= 4 is 17.3 Å². The zero-order valence-corrected chi connectivity index (χ0v) is 12.5. The van der Waals surface area contributed by atoms with Gasteiger partial charge in [0.25, 0.3) is 0 Å². The Bertz CT molecular complexity index is 377. The van der Waals surface area contributed by atoms with Crippen LogP contribution in [0.5, 0.6) is 0 Å². The zero-order chi connectivity index (χ0) is 13.5. The first-order valence-electron chi connectivity index (χ1n) is 7.41. The van der Waals surface area contributed by atoms with Gasteiger partial charge in [0, 0.05) is 23.8 Å². The number of ether oxygens (including phenoxy) is 1. The SMILES string of the molecule is CCN(CCOC1CCCCC1)c1cccc(Cl)c1. The third-order valence-corrected chi connectivity index (χ3v) is 4.06. The summed E-state index contributed by atoms with van der Waals surface area (Å²) in [6, 6.07) is 8.04. The number of hydrogen-bond donors (Lipinski definition) is 0. The predicted octanol–water partition coefficient (Wildman–Crippen LogP) is 4.52. The third-order valence-electron chi connectivity index (χ3n) is 3.82. The molecule has 0 heterocycles. The van der Waals surface area contributed by atoms with Crippen molar-refractivity contribution in [2.45, 2.75) is 45.1 Å². The highest BCUT2D eigenvalue weighted by molar-refractivity contribution is 6.30. The van der Waals surface area contributed by atoms with Crippen LogP contribution in [-0.2, 0) is 4.74 Å². The fourth-order valence-corrected chi connectivity index (χ4v) is 2.89. The van der Waals surface area contributed by atoms with Crippen molar-refractivity contribution in [3.8, 4) is 0 Å². The van der Waals surface area contributed by atoms with E-state index in [2.05, 4.69) is 17.9 Å². The van der Waals surface area contributed by atoms with E-state index in [0.29, 0.717) is 6.10 Å². The largest absolute Gasteiger partial charge is 0.376 e. The molecule has 1 fully saturated rings. The average Bonchev–Trinajstić information content (AvgIpc) is 2.45. The molecule has 0 unspecified atom stereocenters. The number of halogens is 1. The molecule has 0 aliphatic heterocycles. The topological polar surface area (TPSA) is 12.5 Å². The minimum Gasteiger partial charge on any atom is -0.376 e. The van der Waals surface area contributed by atoms with E-state index in [1.54, 1.807) is 0 Å². The van der Waals surface area contributed by atoms with E-state index in [-0.39, 0.29) is 0 Å². The highest BCUT2D eigenvalue weighted by atomic mass is 35.5. The molecule has 0 radical (unpaired) electrons. The molecule has 0 saturated heterocycles. The molecule has 3 heteroatoms. The van der Waals surface area contributed by atoms with Gasteiger partial charge in [-0.05, 0) is 38.0 Å². The molecule has 2 rings (SSSR count).